The van der Waals surface area contributed by atoms with Gasteiger partial charge in [-0.2, -0.15) is 11.8 Å². The Hall–Kier alpha value is -0.420. The van der Waals surface area contributed by atoms with Crippen LogP contribution < -0.4 is 10.6 Å². The van der Waals surface area contributed by atoms with Crippen LogP contribution in [0, 0.1) is 0 Å². The van der Waals surface area contributed by atoms with Crippen molar-refractivity contribution in [3.63, 3.8) is 0 Å². The highest BCUT2D eigenvalue weighted by Gasteiger charge is 2.25. The van der Waals surface area contributed by atoms with E-state index in [1.807, 2.05) is 11.8 Å². The molecular weight excluding hydrogens is 248 g/mol. The van der Waals surface area contributed by atoms with Crippen LogP contribution in [0.4, 0.5) is 4.79 Å². The van der Waals surface area contributed by atoms with Gasteiger partial charge in [0.25, 0.3) is 0 Å². The number of hydrogen-bond acceptors (Lipinski definition) is 3. The monoisotopic (exact) mass is 274 g/mol. The molecule has 0 aromatic heterocycles. The number of carbonyl (C=O) groups excluding carboxylic acids is 1. The largest absolute Gasteiger partial charge is 0.381 e. The molecule has 0 aromatic rings. The van der Waals surface area contributed by atoms with Crippen molar-refractivity contribution in [3.8, 4) is 0 Å². The van der Waals surface area contributed by atoms with Crippen molar-refractivity contribution in [1.29, 1.82) is 0 Å². The van der Waals surface area contributed by atoms with Crippen LogP contribution in [0.5, 0.6) is 0 Å². The van der Waals surface area contributed by atoms with Crippen LogP contribution in [0.2, 0.25) is 0 Å². The van der Waals surface area contributed by atoms with E-state index in [-0.39, 0.29) is 16.8 Å². The number of carbonyl (C=O) groups is 1. The highest BCUT2D eigenvalue weighted by molar-refractivity contribution is 8.00. The van der Waals surface area contributed by atoms with Gasteiger partial charge in [-0.05, 0) is 19.3 Å². The maximum Gasteiger partial charge on any atom is 0.315 e. The van der Waals surface area contributed by atoms with E-state index in [1.165, 1.54) is 0 Å². The molecule has 106 valence electrons. The summed E-state index contributed by atoms with van der Waals surface area (Å²) in [5, 5.41) is 5.90. The van der Waals surface area contributed by atoms with Crippen LogP contribution in [0.1, 0.15) is 40.0 Å². The van der Waals surface area contributed by atoms with Crippen LogP contribution in [0.3, 0.4) is 0 Å². The molecule has 1 rings (SSSR count). The lowest BCUT2D eigenvalue weighted by atomic mass is 10.2. The Kier molecular flexibility index (Phi) is 6.29. The molecule has 5 heteroatoms. The lowest BCUT2D eigenvalue weighted by Crippen LogP contribution is -2.42. The Bertz CT molecular complexity index is 266. The van der Waals surface area contributed by atoms with E-state index in [0.717, 1.165) is 25.0 Å². The Morgan fingerprint density at radius 3 is 2.67 bits per heavy atom. The Morgan fingerprint density at radius 1 is 1.39 bits per heavy atom. The predicted octanol–water partition coefficient (Wildman–Crippen LogP) is 2.38. The molecule has 1 fully saturated rings. The quantitative estimate of drug-likeness (QED) is 0.757. The molecule has 0 heterocycles. The topological polar surface area (TPSA) is 50.4 Å². The zero-order chi connectivity index (χ0) is 13.6. The van der Waals surface area contributed by atoms with Crippen LogP contribution in [0.15, 0.2) is 0 Å². The lowest BCUT2D eigenvalue weighted by molar-refractivity contribution is 0.107. The summed E-state index contributed by atoms with van der Waals surface area (Å²) in [7, 11) is 1.73. The number of methoxy groups -OCH3 is 1. The predicted molar refractivity (Wildman–Crippen MR) is 77.2 cm³/mol. The third-order valence-electron chi connectivity index (χ3n) is 2.98. The fourth-order valence-electron chi connectivity index (χ4n) is 2.04. The molecule has 1 saturated carbocycles. The molecule has 2 amide bonds. The van der Waals surface area contributed by atoms with Gasteiger partial charge in [-0.15, -0.1) is 0 Å². The van der Waals surface area contributed by atoms with E-state index in [9.17, 15) is 4.79 Å². The molecule has 2 unspecified atom stereocenters. The maximum atomic E-state index is 11.6. The smallest absolute Gasteiger partial charge is 0.315 e. The maximum absolute atomic E-state index is 11.6. The summed E-state index contributed by atoms with van der Waals surface area (Å²) in [6.07, 6.45) is 3.30. The Morgan fingerprint density at radius 2 is 2.11 bits per heavy atom. The first-order valence-corrected chi connectivity index (χ1v) is 7.60. The van der Waals surface area contributed by atoms with Crippen molar-refractivity contribution in [2.75, 3.05) is 19.4 Å². The molecule has 0 saturated heterocycles. The second-order valence-electron chi connectivity index (χ2n) is 5.73. The minimum absolute atomic E-state index is 0.0498. The van der Waals surface area contributed by atoms with E-state index >= 15 is 0 Å². The van der Waals surface area contributed by atoms with Crippen molar-refractivity contribution in [1.82, 2.24) is 10.6 Å². The third-order valence-corrected chi connectivity index (χ3v) is 4.25. The van der Waals surface area contributed by atoms with Crippen molar-refractivity contribution in [2.45, 2.75) is 56.9 Å². The third kappa shape index (κ3) is 6.50. The van der Waals surface area contributed by atoms with Gasteiger partial charge >= 0.3 is 6.03 Å². The Balaban J connectivity index is 2.08. The van der Waals surface area contributed by atoms with E-state index in [4.69, 9.17) is 4.74 Å². The molecule has 0 bridgehead atoms. The highest BCUT2D eigenvalue weighted by Crippen LogP contribution is 2.22. The number of hydrogen-bond donors (Lipinski definition) is 2. The van der Waals surface area contributed by atoms with E-state index in [0.29, 0.717) is 12.6 Å². The number of rotatable bonds is 5. The highest BCUT2D eigenvalue weighted by atomic mass is 32.2. The van der Waals surface area contributed by atoms with Crippen molar-refractivity contribution >= 4 is 17.8 Å². The molecule has 0 aromatic carbocycles. The molecule has 4 nitrogen and oxygen atoms in total. The molecule has 0 radical (unpaired) electrons. The number of ether oxygens (including phenoxy) is 1. The van der Waals surface area contributed by atoms with Crippen molar-refractivity contribution in [3.05, 3.63) is 0 Å². The number of thioether (sulfide) groups is 1. The van der Waals surface area contributed by atoms with E-state index < -0.39 is 0 Å². The van der Waals surface area contributed by atoms with Gasteiger partial charge < -0.3 is 15.4 Å². The molecular formula is C13H26N2O2S. The summed E-state index contributed by atoms with van der Waals surface area (Å²) in [5.74, 6) is 0.947. The van der Waals surface area contributed by atoms with Gasteiger partial charge in [-0.1, -0.05) is 20.8 Å². The molecule has 0 aliphatic heterocycles. The zero-order valence-corrected chi connectivity index (χ0v) is 12.7. The molecule has 1 aliphatic carbocycles. The first-order chi connectivity index (χ1) is 8.40. The minimum Gasteiger partial charge on any atom is -0.381 e. The minimum atomic E-state index is -0.0498. The van der Waals surface area contributed by atoms with Gasteiger partial charge in [-0.25, -0.2) is 4.79 Å². The molecule has 2 N–H and O–H groups in total. The standard InChI is InChI=1S/C13H26N2O2S/c1-13(2,3)18-8-7-14-12(16)15-10-5-6-11(9-10)17-4/h10-11H,5-9H2,1-4H3,(H2,14,15,16). The second kappa shape index (κ2) is 7.24. The fraction of sp³-hybridized carbons (Fsp3) is 0.923. The molecule has 0 spiro atoms. The summed E-state index contributed by atoms with van der Waals surface area (Å²) in [6, 6.07) is 0.219. The summed E-state index contributed by atoms with van der Waals surface area (Å²) in [6.45, 7) is 7.26. The first kappa shape index (κ1) is 15.6. The molecule has 1 aliphatic rings. The number of amides is 2. The average Bonchev–Trinajstić information content (AvgIpc) is 2.71. The van der Waals surface area contributed by atoms with Crippen LogP contribution in [-0.2, 0) is 4.74 Å². The first-order valence-electron chi connectivity index (χ1n) is 6.62. The zero-order valence-electron chi connectivity index (χ0n) is 11.9. The normalized spacial score (nSPS) is 24.0. The summed E-state index contributed by atoms with van der Waals surface area (Å²) in [4.78, 5) is 11.6. The van der Waals surface area contributed by atoms with Crippen LogP contribution >= 0.6 is 11.8 Å². The van der Waals surface area contributed by atoms with Gasteiger partial charge in [0.2, 0.25) is 0 Å². The van der Waals surface area contributed by atoms with Gasteiger partial charge in [0.05, 0.1) is 6.10 Å². The average molecular weight is 274 g/mol. The SMILES string of the molecule is COC1CCC(NC(=O)NCCSC(C)(C)C)C1. The van der Waals surface area contributed by atoms with E-state index in [1.54, 1.807) is 7.11 Å². The van der Waals surface area contributed by atoms with Crippen LogP contribution in [-0.4, -0.2) is 42.3 Å². The van der Waals surface area contributed by atoms with Crippen molar-refractivity contribution < 1.29 is 9.53 Å². The number of urea groups is 1. The summed E-state index contributed by atoms with van der Waals surface area (Å²) >= 11 is 1.86. The second-order valence-corrected chi connectivity index (χ2v) is 7.65. The van der Waals surface area contributed by atoms with Gasteiger partial charge in [0, 0.05) is 30.2 Å². The van der Waals surface area contributed by atoms with Crippen LogP contribution in [0.25, 0.3) is 0 Å². The number of nitrogens with one attached hydrogen (secondary N) is 2. The fourth-order valence-corrected chi connectivity index (χ4v) is 2.86. The summed E-state index contributed by atoms with van der Waals surface area (Å²) in [5.41, 5.74) is 0. The van der Waals surface area contributed by atoms with Gasteiger partial charge in [0.15, 0.2) is 0 Å². The van der Waals surface area contributed by atoms with Gasteiger partial charge in [-0.3, -0.25) is 0 Å². The van der Waals surface area contributed by atoms with Crippen molar-refractivity contribution in [2.24, 2.45) is 0 Å². The van der Waals surface area contributed by atoms with E-state index in [2.05, 4.69) is 31.4 Å². The lowest BCUT2D eigenvalue weighted by Gasteiger charge is -2.18. The van der Waals surface area contributed by atoms with Gasteiger partial charge in [0.1, 0.15) is 0 Å². The Labute approximate surface area is 115 Å². The molecule has 2 atom stereocenters. The molecule has 18 heavy (non-hydrogen) atoms. The summed E-state index contributed by atoms with van der Waals surface area (Å²) < 4.78 is 5.54.